The summed E-state index contributed by atoms with van der Waals surface area (Å²) in [7, 11) is 0. The fourth-order valence-electron chi connectivity index (χ4n) is 3.34. The minimum atomic E-state index is -0.194. The molecule has 21 heavy (non-hydrogen) atoms. The van der Waals surface area contributed by atoms with Crippen molar-refractivity contribution in [3.8, 4) is 0 Å². The van der Waals surface area contributed by atoms with E-state index in [1.165, 1.54) is 57.3 Å². The largest absolute Gasteiger partial charge is 0.324 e. The van der Waals surface area contributed by atoms with Gasteiger partial charge in [0.15, 0.2) is 0 Å². The Morgan fingerprint density at radius 2 is 2.00 bits per heavy atom. The predicted octanol–water partition coefficient (Wildman–Crippen LogP) is 4.12. The van der Waals surface area contributed by atoms with Crippen LogP contribution in [0.15, 0.2) is 24.3 Å². The second kappa shape index (κ2) is 8.50. The summed E-state index contributed by atoms with van der Waals surface area (Å²) in [5.74, 6) is 0.728. The third-order valence-electron chi connectivity index (χ3n) is 4.69. The molecule has 0 amide bonds. The molecule has 1 heterocycles. The van der Waals surface area contributed by atoms with Gasteiger partial charge in [-0.05, 0) is 68.9 Å². The third-order valence-corrected chi connectivity index (χ3v) is 4.69. The lowest BCUT2D eigenvalue weighted by molar-refractivity contribution is 0.268. The molecule has 0 spiro atoms. The average Bonchev–Trinajstić information content (AvgIpc) is 2.71. The zero-order chi connectivity index (χ0) is 15.1. The monoisotopic (exact) mass is 292 g/mol. The van der Waals surface area contributed by atoms with Crippen molar-refractivity contribution in [1.82, 2.24) is 4.90 Å². The van der Waals surface area contributed by atoms with Crippen molar-refractivity contribution >= 4 is 0 Å². The highest BCUT2D eigenvalue weighted by Gasteiger charge is 2.17. The number of rotatable bonds is 6. The first-order valence-corrected chi connectivity index (χ1v) is 8.42. The van der Waals surface area contributed by atoms with Gasteiger partial charge in [0.1, 0.15) is 5.82 Å². The quantitative estimate of drug-likeness (QED) is 0.854. The molecule has 0 aromatic heterocycles. The lowest BCUT2D eigenvalue weighted by Gasteiger charge is -2.22. The SMILES string of the molecule is CCCC1CCCN(CCC(N)c2ccc(F)cc2)CC1. The Morgan fingerprint density at radius 3 is 2.71 bits per heavy atom. The molecule has 0 aliphatic carbocycles. The van der Waals surface area contributed by atoms with Gasteiger partial charge in [0.2, 0.25) is 0 Å². The fourth-order valence-corrected chi connectivity index (χ4v) is 3.34. The van der Waals surface area contributed by atoms with E-state index >= 15 is 0 Å². The Labute approximate surface area is 128 Å². The van der Waals surface area contributed by atoms with E-state index in [1.54, 1.807) is 12.1 Å². The molecule has 0 bridgehead atoms. The van der Waals surface area contributed by atoms with Crippen LogP contribution < -0.4 is 5.73 Å². The zero-order valence-electron chi connectivity index (χ0n) is 13.2. The molecule has 0 saturated carbocycles. The molecule has 1 aliphatic heterocycles. The van der Waals surface area contributed by atoms with E-state index in [2.05, 4.69) is 11.8 Å². The van der Waals surface area contributed by atoms with Crippen LogP contribution in [0.5, 0.6) is 0 Å². The Morgan fingerprint density at radius 1 is 1.24 bits per heavy atom. The van der Waals surface area contributed by atoms with E-state index in [0.29, 0.717) is 0 Å². The normalized spacial score (nSPS) is 22.0. The van der Waals surface area contributed by atoms with E-state index in [4.69, 9.17) is 5.73 Å². The van der Waals surface area contributed by atoms with Crippen molar-refractivity contribution < 1.29 is 4.39 Å². The number of hydrogen-bond donors (Lipinski definition) is 1. The number of nitrogens with zero attached hydrogens (tertiary/aromatic N) is 1. The Bertz CT molecular complexity index is 404. The maximum atomic E-state index is 12.9. The van der Waals surface area contributed by atoms with Crippen LogP contribution in [0, 0.1) is 11.7 Å². The van der Waals surface area contributed by atoms with E-state index in [9.17, 15) is 4.39 Å². The fraction of sp³-hybridized carbons (Fsp3) is 0.667. The minimum absolute atomic E-state index is 0.0142. The molecule has 1 saturated heterocycles. The first kappa shape index (κ1) is 16.4. The molecular formula is C18H29FN2. The van der Waals surface area contributed by atoms with Gasteiger partial charge in [0.05, 0.1) is 0 Å². The summed E-state index contributed by atoms with van der Waals surface area (Å²) in [6, 6.07) is 6.62. The van der Waals surface area contributed by atoms with Gasteiger partial charge in [-0.3, -0.25) is 0 Å². The van der Waals surface area contributed by atoms with Crippen molar-refractivity contribution in [3.63, 3.8) is 0 Å². The highest BCUT2D eigenvalue weighted by Crippen LogP contribution is 2.23. The van der Waals surface area contributed by atoms with Crippen LogP contribution in [0.25, 0.3) is 0 Å². The van der Waals surface area contributed by atoms with Crippen LogP contribution in [-0.2, 0) is 0 Å². The number of halogens is 1. The Hall–Kier alpha value is -0.930. The summed E-state index contributed by atoms with van der Waals surface area (Å²) in [6.07, 6.45) is 7.66. The second-order valence-electron chi connectivity index (χ2n) is 6.37. The van der Waals surface area contributed by atoms with E-state index in [1.807, 2.05) is 0 Å². The first-order valence-electron chi connectivity index (χ1n) is 8.42. The number of hydrogen-bond acceptors (Lipinski definition) is 2. The van der Waals surface area contributed by atoms with Crippen molar-refractivity contribution in [2.45, 2.75) is 51.5 Å². The lowest BCUT2D eigenvalue weighted by atomic mass is 9.96. The van der Waals surface area contributed by atoms with Crippen LogP contribution in [0.4, 0.5) is 4.39 Å². The highest BCUT2D eigenvalue weighted by atomic mass is 19.1. The molecule has 1 aromatic rings. The van der Waals surface area contributed by atoms with E-state index in [-0.39, 0.29) is 11.9 Å². The van der Waals surface area contributed by atoms with Crippen LogP contribution >= 0.6 is 0 Å². The molecule has 3 heteroatoms. The zero-order valence-corrected chi connectivity index (χ0v) is 13.2. The van der Waals surface area contributed by atoms with E-state index < -0.39 is 0 Å². The molecule has 1 aliphatic rings. The summed E-state index contributed by atoms with van der Waals surface area (Å²) in [4.78, 5) is 2.55. The molecule has 0 radical (unpaired) electrons. The molecule has 2 atom stereocenters. The van der Waals surface area contributed by atoms with Crippen LogP contribution in [0.1, 0.15) is 57.1 Å². The molecular weight excluding hydrogens is 263 g/mol. The van der Waals surface area contributed by atoms with Gasteiger partial charge in [-0.15, -0.1) is 0 Å². The van der Waals surface area contributed by atoms with Gasteiger partial charge >= 0.3 is 0 Å². The van der Waals surface area contributed by atoms with Gasteiger partial charge < -0.3 is 10.6 Å². The average molecular weight is 292 g/mol. The summed E-state index contributed by atoms with van der Waals surface area (Å²) < 4.78 is 12.9. The third kappa shape index (κ3) is 5.40. The smallest absolute Gasteiger partial charge is 0.123 e. The summed E-state index contributed by atoms with van der Waals surface area (Å²) in [5.41, 5.74) is 7.26. The number of benzene rings is 1. The van der Waals surface area contributed by atoms with Gasteiger partial charge in [0.25, 0.3) is 0 Å². The van der Waals surface area contributed by atoms with Gasteiger partial charge in [-0.1, -0.05) is 31.9 Å². The molecule has 1 aromatic carbocycles. The van der Waals surface area contributed by atoms with Gasteiger partial charge in [-0.2, -0.15) is 0 Å². The van der Waals surface area contributed by atoms with Crippen LogP contribution in [0.2, 0.25) is 0 Å². The van der Waals surface area contributed by atoms with E-state index in [0.717, 1.165) is 24.4 Å². The predicted molar refractivity (Wildman–Crippen MR) is 86.6 cm³/mol. The highest BCUT2D eigenvalue weighted by molar-refractivity contribution is 5.19. The summed E-state index contributed by atoms with van der Waals surface area (Å²) in [5, 5.41) is 0. The minimum Gasteiger partial charge on any atom is -0.324 e. The standard InChI is InChI=1S/C18H29FN2/c1-2-4-15-5-3-12-21(13-10-15)14-11-18(20)16-6-8-17(19)9-7-16/h6-9,15,18H,2-5,10-14,20H2,1H3. The first-order chi connectivity index (χ1) is 10.2. The lowest BCUT2D eigenvalue weighted by Crippen LogP contribution is -2.28. The van der Waals surface area contributed by atoms with Crippen LogP contribution in [0.3, 0.4) is 0 Å². The Balaban J connectivity index is 1.76. The summed E-state index contributed by atoms with van der Waals surface area (Å²) >= 11 is 0. The molecule has 2 N–H and O–H groups in total. The van der Waals surface area contributed by atoms with Crippen LogP contribution in [-0.4, -0.2) is 24.5 Å². The number of nitrogens with two attached hydrogens (primary N) is 1. The summed E-state index contributed by atoms with van der Waals surface area (Å²) in [6.45, 7) is 5.75. The van der Waals surface area contributed by atoms with Crippen molar-refractivity contribution in [2.75, 3.05) is 19.6 Å². The molecule has 2 unspecified atom stereocenters. The maximum Gasteiger partial charge on any atom is 0.123 e. The van der Waals surface area contributed by atoms with Gasteiger partial charge in [0, 0.05) is 6.04 Å². The molecule has 1 fully saturated rings. The molecule has 2 rings (SSSR count). The van der Waals surface area contributed by atoms with Gasteiger partial charge in [-0.25, -0.2) is 4.39 Å². The van der Waals surface area contributed by atoms with Crippen molar-refractivity contribution in [2.24, 2.45) is 11.7 Å². The molecule has 2 nitrogen and oxygen atoms in total. The number of likely N-dealkylation sites (tertiary alicyclic amines) is 1. The molecule has 118 valence electrons. The van der Waals surface area contributed by atoms with Crippen molar-refractivity contribution in [1.29, 1.82) is 0 Å². The topological polar surface area (TPSA) is 29.3 Å². The second-order valence-corrected chi connectivity index (χ2v) is 6.37. The Kier molecular flexibility index (Phi) is 6.65. The maximum absolute atomic E-state index is 12.9. The van der Waals surface area contributed by atoms with Crippen molar-refractivity contribution in [3.05, 3.63) is 35.6 Å².